The standard InChI is InChI=1S/C17H21N3O3S2/c1-19-8-10-20(11-9-19)13-16(21)14-4-6-15(7-5-14)18-25(22,23)17-3-2-12-24-17/h2-7,12,18H,8-11,13H2,1H3. The van der Waals surface area contributed by atoms with Crippen molar-refractivity contribution in [3.05, 3.63) is 47.3 Å². The number of likely N-dealkylation sites (N-methyl/N-ethyl adjacent to an activating group) is 1. The summed E-state index contributed by atoms with van der Waals surface area (Å²) in [4.78, 5) is 16.8. The lowest BCUT2D eigenvalue weighted by Crippen LogP contribution is -2.46. The number of hydrogen-bond donors (Lipinski definition) is 1. The van der Waals surface area contributed by atoms with E-state index in [-0.39, 0.29) is 9.99 Å². The molecule has 0 spiro atoms. The molecule has 0 aliphatic carbocycles. The fraction of sp³-hybridized carbons (Fsp3) is 0.353. The highest BCUT2D eigenvalue weighted by Gasteiger charge is 2.18. The van der Waals surface area contributed by atoms with Crippen LogP contribution in [0.2, 0.25) is 0 Å². The molecule has 1 saturated heterocycles. The van der Waals surface area contributed by atoms with Crippen LogP contribution in [-0.2, 0) is 10.0 Å². The molecule has 25 heavy (non-hydrogen) atoms. The van der Waals surface area contributed by atoms with E-state index >= 15 is 0 Å². The van der Waals surface area contributed by atoms with Crippen molar-refractivity contribution in [2.75, 3.05) is 44.5 Å². The molecule has 0 saturated carbocycles. The zero-order valence-electron chi connectivity index (χ0n) is 14.0. The molecule has 3 rings (SSSR count). The summed E-state index contributed by atoms with van der Waals surface area (Å²) in [6.07, 6.45) is 0. The SMILES string of the molecule is CN1CCN(CC(=O)c2ccc(NS(=O)(=O)c3cccs3)cc2)CC1. The van der Waals surface area contributed by atoms with E-state index in [4.69, 9.17) is 0 Å². The van der Waals surface area contributed by atoms with Crippen LogP contribution in [0.5, 0.6) is 0 Å². The first-order valence-electron chi connectivity index (χ1n) is 8.04. The number of thiophene rings is 1. The van der Waals surface area contributed by atoms with Crippen LogP contribution in [0.1, 0.15) is 10.4 Å². The highest BCUT2D eigenvalue weighted by molar-refractivity contribution is 7.94. The predicted molar refractivity (Wildman–Crippen MR) is 99.8 cm³/mol. The number of nitrogens with one attached hydrogen (secondary N) is 1. The monoisotopic (exact) mass is 379 g/mol. The second-order valence-electron chi connectivity index (χ2n) is 6.12. The summed E-state index contributed by atoms with van der Waals surface area (Å²) in [7, 11) is -1.48. The number of rotatable bonds is 6. The summed E-state index contributed by atoms with van der Waals surface area (Å²) in [6.45, 7) is 4.11. The van der Waals surface area contributed by atoms with Gasteiger partial charge in [-0.3, -0.25) is 14.4 Å². The minimum atomic E-state index is -3.56. The van der Waals surface area contributed by atoms with Gasteiger partial charge in [-0.1, -0.05) is 6.07 Å². The normalized spacial score (nSPS) is 16.7. The maximum Gasteiger partial charge on any atom is 0.271 e. The number of hydrogen-bond acceptors (Lipinski definition) is 6. The van der Waals surface area contributed by atoms with Gasteiger partial charge in [-0.25, -0.2) is 8.42 Å². The average Bonchev–Trinajstić information content (AvgIpc) is 3.13. The molecule has 0 bridgehead atoms. The van der Waals surface area contributed by atoms with Gasteiger partial charge in [-0.05, 0) is 42.8 Å². The second-order valence-corrected chi connectivity index (χ2v) is 8.97. The molecule has 8 heteroatoms. The Balaban J connectivity index is 1.61. The molecular weight excluding hydrogens is 358 g/mol. The third-order valence-electron chi connectivity index (χ3n) is 4.18. The van der Waals surface area contributed by atoms with Crippen molar-refractivity contribution < 1.29 is 13.2 Å². The maximum absolute atomic E-state index is 12.4. The molecule has 2 aromatic rings. The van der Waals surface area contributed by atoms with Crippen LogP contribution in [0.15, 0.2) is 46.0 Å². The van der Waals surface area contributed by atoms with Crippen LogP contribution < -0.4 is 4.72 Å². The minimum absolute atomic E-state index is 0.0530. The second kappa shape index (κ2) is 7.65. The summed E-state index contributed by atoms with van der Waals surface area (Å²) < 4.78 is 27.2. The maximum atomic E-state index is 12.4. The summed E-state index contributed by atoms with van der Waals surface area (Å²) >= 11 is 1.16. The van der Waals surface area contributed by atoms with Crippen LogP contribution in [-0.4, -0.2) is 63.8 Å². The molecule has 0 unspecified atom stereocenters. The van der Waals surface area contributed by atoms with Crippen molar-refractivity contribution in [2.24, 2.45) is 0 Å². The highest BCUT2D eigenvalue weighted by Crippen LogP contribution is 2.20. The summed E-state index contributed by atoms with van der Waals surface area (Å²) in [5.41, 5.74) is 1.04. The fourth-order valence-electron chi connectivity index (χ4n) is 2.65. The van der Waals surface area contributed by atoms with E-state index in [0.29, 0.717) is 17.8 Å². The number of ketones is 1. The Kier molecular flexibility index (Phi) is 5.53. The molecule has 1 aromatic carbocycles. The number of benzene rings is 1. The predicted octanol–water partition coefficient (Wildman–Crippen LogP) is 1.98. The largest absolute Gasteiger partial charge is 0.304 e. The van der Waals surface area contributed by atoms with E-state index in [0.717, 1.165) is 37.5 Å². The van der Waals surface area contributed by atoms with Crippen molar-refractivity contribution in [1.82, 2.24) is 9.80 Å². The summed E-state index contributed by atoms with van der Waals surface area (Å²) in [5.74, 6) is 0.0530. The fourth-order valence-corrected chi connectivity index (χ4v) is 4.70. The van der Waals surface area contributed by atoms with Crippen molar-refractivity contribution in [1.29, 1.82) is 0 Å². The number of sulfonamides is 1. The van der Waals surface area contributed by atoms with Gasteiger partial charge in [0.2, 0.25) is 0 Å². The van der Waals surface area contributed by atoms with Gasteiger partial charge in [-0.15, -0.1) is 11.3 Å². The molecule has 0 radical (unpaired) electrons. The average molecular weight is 380 g/mol. The van der Waals surface area contributed by atoms with Gasteiger partial charge in [0.1, 0.15) is 4.21 Å². The Morgan fingerprint density at radius 3 is 2.40 bits per heavy atom. The first-order chi connectivity index (χ1) is 11.9. The molecule has 0 atom stereocenters. The third kappa shape index (κ3) is 4.66. The molecule has 1 aromatic heterocycles. The number of piperazine rings is 1. The van der Waals surface area contributed by atoms with E-state index in [2.05, 4.69) is 21.6 Å². The van der Waals surface area contributed by atoms with Gasteiger partial charge in [0.15, 0.2) is 5.78 Å². The van der Waals surface area contributed by atoms with Crippen LogP contribution in [0.25, 0.3) is 0 Å². The van der Waals surface area contributed by atoms with Gasteiger partial charge in [0, 0.05) is 37.4 Å². The Hall–Kier alpha value is -1.74. The number of Topliss-reactive ketones (excluding diaryl/α,β-unsaturated/α-hetero) is 1. The van der Waals surface area contributed by atoms with Gasteiger partial charge in [0.05, 0.1) is 6.54 Å². The molecule has 6 nitrogen and oxygen atoms in total. The Morgan fingerprint density at radius 2 is 1.80 bits per heavy atom. The molecule has 1 aliphatic rings. The van der Waals surface area contributed by atoms with E-state index < -0.39 is 10.0 Å². The molecular formula is C17H21N3O3S2. The van der Waals surface area contributed by atoms with E-state index in [1.165, 1.54) is 0 Å². The Morgan fingerprint density at radius 1 is 1.12 bits per heavy atom. The molecule has 0 amide bonds. The zero-order chi connectivity index (χ0) is 17.9. The minimum Gasteiger partial charge on any atom is -0.304 e. The van der Waals surface area contributed by atoms with E-state index in [9.17, 15) is 13.2 Å². The van der Waals surface area contributed by atoms with E-state index in [1.54, 1.807) is 41.8 Å². The van der Waals surface area contributed by atoms with Crippen LogP contribution in [0.3, 0.4) is 0 Å². The first kappa shape index (κ1) is 18.1. The number of anilines is 1. The van der Waals surface area contributed by atoms with Crippen LogP contribution in [0, 0.1) is 0 Å². The van der Waals surface area contributed by atoms with Crippen molar-refractivity contribution in [3.63, 3.8) is 0 Å². The van der Waals surface area contributed by atoms with Gasteiger partial charge < -0.3 is 4.90 Å². The lowest BCUT2D eigenvalue weighted by atomic mass is 10.1. The lowest BCUT2D eigenvalue weighted by molar-refractivity contribution is 0.0876. The molecule has 1 N–H and O–H groups in total. The molecule has 2 heterocycles. The van der Waals surface area contributed by atoms with Gasteiger partial charge >= 0.3 is 0 Å². The quantitative estimate of drug-likeness (QED) is 0.777. The molecule has 1 fully saturated rings. The zero-order valence-corrected chi connectivity index (χ0v) is 15.6. The smallest absolute Gasteiger partial charge is 0.271 e. The van der Waals surface area contributed by atoms with Crippen molar-refractivity contribution >= 4 is 32.8 Å². The molecule has 134 valence electrons. The summed E-state index contributed by atoms with van der Waals surface area (Å²) in [6, 6.07) is 9.85. The Labute approximate surface area is 152 Å². The lowest BCUT2D eigenvalue weighted by Gasteiger charge is -2.31. The van der Waals surface area contributed by atoms with Gasteiger partial charge in [-0.2, -0.15) is 0 Å². The third-order valence-corrected chi connectivity index (χ3v) is 6.96. The van der Waals surface area contributed by atoms with Crippen LogP contribution >= 0.6 is 11.3 Å². The first-order valence-corrected chi connectivity index (χ1v) is 10.4. The summed E-state index contributed by atoms with van der Waals surface area (Å²) in [5, 5.41) is 1.72. The molecule has 1 aliphatic heterocycles. The van der Waals surface area contributed by atoms with Crippen molar-refractivity contribution in [3.8, 4) is 0 Å². The van der Waals surface area contributed by atoms with E-state index in [1.807, 2.05) is 0 Å². The van der Waals surface area contributed by atoms with Gasteiger partial charge in [0.25, 0.3) is 10.0 Å². The van der Waals surface area contributed by atoms with Crippen LogP contribution in [0.4, 0.5) is 5.69 Å². The highest BCUT2D eigenvalue weighted by atomic mass is 32.2. The topological polar surface area (TPSA) is 69.7 Å². The number of nitrogens with zero attached hydrogens (tertiary/aromatic N) is 2. The Bertz CT molecular complexity index is 809. The van der Waals surface area contributed by atoms with Crippen molar-refractivity contribution in [2.45, 2.75) is 4.21 Å². The number of carbonyl (C=O) groups excluding carboxylic acids is 1. The number of carbonyl (C=O) groups is 1.